The quantitative estimate of drug-likeness (QED) is 0.637. The molecule has 0 radical (unpaired) electrons. The molecule has 178 valence electrons. The molecule has 34 heavy (non-hydrogen) atoms. The number of esters is 1. The van der Waals surface area contributed by atoms with E-state index < -0.39 is 11.5 Å². The molecule has 3 fully saturated rings. The number of likely N-dealkylation sites (tertiary alicyclic amines) is 1. The van der Waals surface area contributed by atoms with Crippen molar-refractivity contribution in [2.75, 3.05) is 13.2 Å². The van der Waals surface area contributed by atoms with Crippen molar-refractivity contribution in [2.45, 2.75) is 63.3 Å². The van der Waals surface area contributed by atoms with Crippen molar-refractivity contribution in [3.8, 4) is 5.82 Å². The highest BCUT2D eigenvalue weighted by molar-refractivity contribution is 5.91. The maximum Gasteiger partial charge on any atom is 0.333 e. The topological polar surface area (TPSA) is 127 Å². The average Bonchev–Trinajstić information content (AvgIpc) is 3.59. The van der Waals surface area contributed by atoms with Gasteiger partial charge in [0.1, 0.15) is 12.9 Å². The van der Waals surface area contributed by atoms with E-state index >= 15 is 0 Å². The summed E-state index contributed by atoms with van der Waals surface area (Å²) in [5, 5.41) is 22.0. The molecule has 6 rings (SSSR count). The van der Waals surface area contributed by atoms with Gasteiger partial charge in [0.15, 0.2) is 5.82 Å². The van der Waals surface area contributed by atoms with E-state index in [2.05, 4.69) is 32.3 Å². The van der Waals surface area contributed by atoms with Gasteiger partial charge in [-0.2, -0.15) is 4.68 Å². The maximum absolute atomic E-state index is 13.6. The molecule has 1 N–H and O–H groups in total. The van der Waals surface area contributed by atoms with Gasteiger partial charge in [0, 0.05) is 42.5 Å². The van der Waals surface area contributed by atoms with Gasteiger partial charge in [-0.15, -0.1) is 5.10 Å². The lowest BCUT2D eigenvalue weighted by atomic mass is 9.72. The van der Waals surface area contributed by atoms with Crippen molar-refractivity contribution in [3.05, 3.63) is 42.0 Å². The number of amides is 1. The third-order valence-electron chi connectivity index (χ3n) is 7.90. The maximum atomic E-state index is 13.6. The molecule has 2 aromatic rings. The van der Waals surface area contributed by atoms with Crippen molar-refractivity contribution in [1.29, 1.82) is 0 Å². The number of nitrogens with zero attached hydrogens (tertiary/aromatic N) is 7. The molecule has 2 aromatic heterocycles. The lowest BCUT2D eigenvalue weighted by molar-refractivity contribution is -0.140. The summed E-state index contributed by atoms with van der Waals surface area (Å²) in [4.78, 5) is 33.7. The van der Waals surface area contributed by atoms with Crippen LogP contribution in [0.25, 0.3) is 5.82 Å². The van der Waals surface area contributed by atoms with E-state index in [1.54, 1.807) is 17.2 Å². The molecular weight excluding hydrogens is 438 g/mol. The third-order valence-corrected chi connectivity index (χ3v) is 7.90. The standard InChI is InChI=1S/C23H27N7O4/c1-14-7-23(22(33)30(14)18-6-21(32)34-12-18)8-16-3-4-17(9-23)28(16)11-19(31)15-2-5-20(24-10-15)29-13-25-26-27-29/h2,5-6,10,13-14,16-17,19,31H,3-4,7-9,11-12H2,1H3/t14?,16-,17-,19?/m1/s1. The van der Waals surface area contributed by atoms with Gasteiger partial charge in [0.25, 0.3) is 0 Å². The lowest BCUT2D eigenvalue weighted by Gasteiger charge is -2.44. The van der Waals surface area contributed by atoms with E-state index in [1.807, 2.05) is 6.07 Å². The van der Waals surface area contributed by atoms with Crippen molar-refractivity contribution in [3.63, 3.8) is 0 Å². The molecule has 2 unspecified atom stereocenters. The minimum absolute atomic E-state index is 0.0505. The van der Waals surface area contributed by atoms with Crippen LogP contribution < -0.4 is 0 Å². The summed E-state index contributed by atoms with van der Waals surface area (Å²) in [6.07, 6.45) is 8.34. The summed E-state index contributed by atoms with van der Waals surface area (Å²) < 4.78 is 6.52. The van der Waals surface area contributed by atoms with Crippen LogP contribution in [0.5, 0.6) is 0 Å². The zero-order chi connectivity index (χ0) is 23.4. The van der Waals surface area contributed by atoms with E-state index in [-0.39, 0.29) is 36.6 Å². The van der Waals surface area contributed by atoms with Gasteiger partial charge in [-0.25, -0.2) is 9.78 Å². The lowest BCUT2D eigenvalue weighted by Crippen LogP contribution is -2.51. The number of fused-ring (bicyclic) bond motifs is 2. The number of hydrogen-bond donors (Lipinski definition) is 1. The smallest absolute Gasteiger partial charge is 0.333 e. The normalized spacial score (nSPS) is 31.9. The first kappa shape index (κ1) is 21.4. The van der Waals surface area contributed by atoms with Gasteiger partial charge >= 0.3 is 5.97 Å². The fraction of sp³-hybridized carbons (Fsp3) is 0.565. The van der Waals surface area contributed by atoms with Gasteiger partial charge in [-0.05, 0) is 55.5 Å². The minimum atomic E-state index is -0.672. The van der Waals surface area contributed by atoms with Crippen LogP contribution in [0.3, 0.4) is 0 Å². The monoisotopic (exact) mass is 465 g/mol. The Morgan fingerprint density at radius 1 is 1.21 bits per heavy atom. The summed E-state index contributed by atoms with van der Waals surface area (Å²) in [7, 11) is 0. The van der Waals surface area contributed by atoms with Crippen LogP contribution in [0.4, 0.5) is 0 Å². The first-order valence-electron chi connectivity index (χ1n) is 11.8. The summed E-state index contributed by atoms with van der Waals surface area (Å²) in [5.74, 6) is 0.341. The number of tetrazole rings is 1. The van der Waals surface area contributed by atoms with Crippen LogP contribution >= 0.6 is 0 Å². The summed E-state index contributed by atoms with van der Waals surface area (Å²) >= 11 is 0. The zero-order valence-corrected chi connectivity index (χ0v) is 18.9. The molecule has 0 aliphatic carbocycles. The Kier molecular flexibility index (Phi) is 4.99. The van der Waals surface area contributed by atoms with Crippen molar-refractivity contribution in [1.82, 2.24) is 35.0 Å². The Labute approximate surface area is 196 Å². The highest BCUT2D eigenvalue weighted by atomic mass is 16.5. The second kappa shape index (κ2) is 7.95. The van der Waals surface area contributed by atoms with Gasteiger partial charge < -0.3 is 14.7 Å². The first-order chi connectivity index (χ1) is 16.4. The predicted molar refractivity (Wildman–Crippen MR) is 117 cm³/mol. The van der Waals surface area contributed by atoms with Crippen LogP contribution in [-0.2, 0) is 14.3 Å². The molecule has 3 saturated heterocycles. The summed E-state index contributed by atoms with van der Waals surface area (Å²) in [5.41, 5.74) is 1.03. The first-order valence-corrected chi connectivity index (χ1v) is 11.8. The summed E-state index contributed by atoms with van der Waals surface area (Å²) in [6, 6.07) is 4.20. The molecule has 0 aromatic carbocycles. The van der Waals surface area contributed by atoms with Crippen molar-refractivity contribution >= 4 is 11.9 Å². The number of carbonyl (C=O) groups excluding carboxylic acids is 2. The van der Waals surface area contributed by atoms with E-state index in [0.717, 1.165) is 37.7 Å². The molecule has 1 spiro atoms. The van der Waals surface area contributed by atoms with Crippen molar-refractivity contribution < 1.29 is 19.4 Å². The number of aliphatic hydroxyl groups excluding tert-OH is 1. The fourth-order valence-corrected chi connectivity index (χ4v) is 6.50. The van der Waals surface area contributed by atoms with Crippen LogP contribution in [0.15, 0.2) is 36.4 Å². The van der Waals surface area contributed by atoms with E-state index in [1.165, 1.54) is 17.1 Å². The number of aliphatic hydroxyl groups is 1. The molecule has 4 atom stereocenters. The Bertz CT molecular complexity index is 1120. The van der Waals surface area contributed by atoms with E-state index in [4.69, 9.17) is 4.74 Å². The number of rotatable bonds is 5. The number of carbonyl (C=O) groups is 2. The van der Waals surface area contributed by atoms with Gasteiger partial charge in [0.05, 0.1) is 17.2 Å². The number of cyclic esters (lactones) is 1. The Morgan fingerprint density at radius 3 is 2.62 bits per heavy atom. The van der Waals surface area contributed by atoms with Gasteiger partial charge in [0.2, 0.25) is 5.91 Å². The molecule has 6 heterocycles. The van der Waals surface area contributed by atoms with Crippen LogP contribution in [0.1, 0.15) is 50.7 Å². The van der Waals surface area contributed by atoms with E-state index in [0.29, 0.717) is 18.1 Å². The Balaban J connectivity index is 1.15. The van der Waals surface area contributed by atoms with Crippen LogP contribution in [0, 0.1) is 5.41 Å². The minimum Gasteiger partial charge on any atom is -0.456 e. The summed E-state index contributed by atoms with van der Waals surface area (Å²) in [6.45, 7) is 2.75. The molecule has 4 aliphatic heterocycles. The molecule has 1 amide bonds. The number of hydrogen-bond acceptors (Lipinski definition) is 9. The molecule has 0 saturated carbocycles. The Morgan fingerprint density at radius 2 is 2.00 bits per heavy atom. The van der Waals surface area contributed by atoms with Gasteiger partial charge in [-0.1, -0.05) is 6.07 Å². The number of aromatic nitrogens is 5. The zero-order valence-electron chi connectivity index (χ0n) is 18.9. The molecule has 11 nitrogen and oxygen atoms in total. The van der Waals surface area contributed by atoms with Crippen LogP contribution in [-0.4, -0.2) is 83.3 Å². The molecule has 2 bridgehead atoms. The molecular formula is C23H27N7O4. The SMILES string of the molecule is CC1CC2(C[C@H]3CC[C@H](C2)N3CC(O)c2ccc(-n3cnnn3)nc2)C(=O)N1C1=CC(=O)OC1. The predicted octanol–water partition coefficient (Wildman–Crippen LogP) is 0.765. The number of piperidine rings is 1. The van der Waals surface area contributed by atoms with E-state index in [9.17, 15) is 14.7 Å². The fourth-order valence-electron chi connectivity index (χ4n) is 6.50. The second-order valence-electron chi connectivity index (χ2n) is 9.96. The van der Waals surface area contributed by atoms with Gasteiger partial charge in [-0.3, -0.25) is 9.69 Å². The molecule has 4 aliphatic rings. The average molecular weight is 466 g/mol. The number of ether oxygens (including phenoxy) is 1. The molecule has 11 heteroatoms. The largest absolute Gasteiger partial charge is 0.456 e. The van der Waals surface area contributed by atoms with Crippen LogP contribution in [0.2, 0.25) is 0 Å². The highest BCUT2D eigenvalue weighted by Crippen LogP contribution is 2.53. The number of pyridine rings is 1. The Hall–Kier alpha value is -3.18. The highest BCUT2D eigenvalue weighted by Gasteiger charge is 2.58. The third kappa shape index (κ3) is 3.41. The van der Waals surface area contributed by atoms with Crippen molar-refractivity contribution in [2.24, 2.45) is 5.41 Å². The second-order valence-corrected chi connectivity index (χ2v) is 9.96.